The van der Waals surface area contributed by atoms with E-state index in [1.54, 1.807) is 0 Å². The lowest BCUT2D eigenvalue weighted by molar-refractivity contribution is -0.134. The van der Waals surface area contributed by atoms with Crippen LogP contribution in [0.4, 0.5) is 0 Å². The van der Waals surface area contributed by atoms with Gasteiger partial charge >= 0.3 is 0 Å². The van der Waals surface area contributed by atoms with Gasteiger partial charge in [-0.15, -0.1) is 0 Å². The van der Waals surface area contributed by atoms with Gasteiger partial charge in [0.05, 0.1) is 0 Å². The van der Waals surface area contributed by atoms with Crippen molar-refractivity contribution in [1.29, 1.82) is 0 Å². The van der Waals surface area contributed by atoms with Gasteiger partial charge in [-0.1, -0.05) is 6.92 Å². The molecular weight excluding hydrogens is 226 g/mol. The lowest BCUT2D eigenvalue weighted by atomic mass is 9.94. The van der Waals surface area contributed by atoms with Gasteiger partial charge in [0.1, 0.15) is 0 Å². The van der Waals surface area contributed by atoms with Crippen molar-refractivity contribution in [1.82, 2.24) is 15.1 Å². The average Bonchev–Trinajstić information content (AvgIpc) is 2.41. The van der Waals surface area contributed by atoms with E-state index in [1.165, 1.54) is 25.8 Å². The number of carbonyl (C=O) groups excluding carboxylic acids is 1. The van der Waals surface area contributed by atoms with Gasteiger partial charge in [-0.25, -0.2) is 0 Å². The van der Waals surface area contributed by atoms with Crippen LogP contribution in [0, 0.1) is 5.92 Å². The molecule has 4 nitrogen and oxygen atoms in total. The van der Waals surface area contributed by atoms with Crippen molar-refractivity contribution in [2.75, 3.05) is 45.8 Å². The second kappa shape index (κ2) is 7.10. The number of rotatable bonds is 4. The standard InChI is InChI=1S/C14H27N3O/c1-2-7-16-8-10-17(11-9-16)14(18)12-13-3-5-15-6-4-13/h13,15H,2-12H2,1H3. The van der Waals surface area contributed by atoms with Crippen LogP contribution in [0.2, 0.25) is 0 Å². The lowest BCUT2D eigenvalue weighted by Crippen LogP contribution is -2.49. The Kier molecular flexibility index (Phi) is 5.45. The number of carbonyl (C=O) groups is 1. The number of nitrogens with one attached hydrogen (secondary N) is 1. The van der Waals surface area contributed by atoms with Crippen molar-refractivity contribution in [2.24, 2.45) is 5.92 Å². The first kappa shape index (κ1) is 13.8. The van der Waals surface area contributed by atoms with E-state index < -0.39 is 0 Å². The first-order valence-corrected chi connectivity index (χ1v) is 7.50. The summed E-state index contributed by atoms with van der Waals surface area (Å²) in [5, 5.41) is 3.36. The highest BCUT2D eigenvalue weighted by Gasteiger charge is 2.23. The van der Waals surface area contributed by atoms with E-state index in [-0.39, 0.29) is 0 Å². The molecule has 18 heavy (non-hydrogen) atoms. The minimum atomic E-state index is 0.387. The number of hydrogen-bond donors (Lipinski definition) is 1. The Hall–Kier alpha value is -0.610. The van der Waals surface area contributed by atoms with E-state index in [2.05, 4.69) is 22.0 Å². The van der Waals surface area contributed by atoms with Gasteiger partial charge in [-0.3, -0.25) is 9.69 Å². The molecule has 0 saturated carbocycles. The van der Waals surface area contributed by atoms with Gasteiger partial charge in [0, 0.05) is 32.6 Å². The average molecular weight is 253 g/mol. The van der Waals surface area contributed by atoms with Crippen molar-refractivity contribution in [3.8, 4) is 0 Å². The molecule has 0 atom stereocenters. The van der Waals surface area contributed by atoms with Crippen molar-refractivity contribution in [2.45, 2.75) is 32.6 Å². The predicted octanol–water partition coefficient (Wildman–Crippen LogP) is 0.930. The Morgan fingerprint density at radius 2 is 1.83 bits per heavy atom. The van der Waals surface area contributed by atoms with Gasteiger partial charge in [0.25, 0.3) is 0 Å². The van der Waals surface area contributed by atoms with Crippen molar-refractivity contribution in [3.05, 3.63) is 0 Å². The van der Waals surface area contributed by atoms with Gasteiger partial charge in [0.2, 0.25) is 5.91 Å². The molecule has 1 amide bonds. The van der Waals surface area contributed by atoms with Crippen molar-refractivity contribution in [3.63, 3.8) is 0 Å². The summed E-state index contributed by atoms with van der Waals surface area (Å²) in [7, 11) is 0. The van der Waals surface area contributed by atoms with Crippen LogP contribution in [-0.4, -0.2) is 61.5 Å². The van der Waals surface area contributed by atoms with Crippen LogP contribution in [-0.2, 0) is 4.79 Å². The van der Waals surface area contributed by atoms with Gasteiger partial charge in [0.15, 0.2) is 0 Å². The quantitative estimate of drug-likeness (QED) is 0.809. The van der Waals surface area contributed by atoms with Crippen molar-refractivity contribution < 1.29 is 4.79 Å². The topological polar surface area (TPSA) is 35.6 Å². The third-order valence-electron chi connectivity index (χ3n) is 4.19. The molecule has 2 rings (SSSR count). The zero-order valence-electron chi connectivity index (χ0n) is 11.7. The highest BCUT2D eigenvalue weighted by molar-refractivity contribution is 5.76. The van der Waals surface area contributed by atoms with E-state index in [1.807, 2.05) is 0 Å². The number of amides is 1. The first-order chi connectivity index (χ1) is 8.79. The van der Waals surface area contributed by atoms with Crippen LogP contribution in [0.5, 0.6) is 0 Å². The van der Waals surface area contributed by atoms with Gasteiger partial charge < -0.3 is 10.2 Å². The molecule has 2 saturated heterocycles. The summed E-state index contributed by atoms with van der Waals surface area (Å²) in [6.07, 6.45) is 4.32. The molecule has 0 aromatic carbocycles. The molecule has 2 heterocycles. The zero-order chi connectivity index (χ0) is 12.8. The maximum atomic E-state index is 12.2. The van der Waals surface area contributed by atoms with Gasteiger partial charge in [-0.05, 0) is 44.8 Å². The van der Waals surface area contributed by atoms with Crippen LogP contribution in [0.3, 0.4) is 0 Å². The van der Waals surface area contributed by atoms with E-state index in [9.17, 15) is 4.79 Å². The van der Waals surface area contributed by atoms with E-state index >= 15 is 0 Å². The molecule has 0 aromatic rings. The number of piperidine rings is 1. The number of nitrogens with zero attached hydrogens (tertiary/aromatic N) is 2. The minimum absolute atomic E-state index is 0.387. The lowest BCUT2D eigenvalue weighted by Gasteiger charge is -2.35. The van der Waals surface area contributed by atoms with Crippen LogP contribution >= 0.6 is 0 Å². The summed E-state index contributed by atoms with van der Waals surface area (Å²) >= 11 is 0. The first-order valence-electron chi connectivity index (χ1n) is 7.50. The molecule has 2 aliphatic rings. The van der Waals surface area contributed by atoms with E-state index in [0.29, 0.717) is 11.8 Å². The summed E-state index contributed by atoms with van der Waals surface area (Å²) in [5.74, 6) is 1.01. The Morgan fingerprint density at radius 3 is 2.44 bits per heavy atom. The SMILES string of the molecule is CCCN1CCN(C(=O)CC2CCNCC2)CC1. The molecule has 4 heteroatoms. The van der Waals surface area contributed by atoms with Crippen LogP contribution in [0.15, 0.2) is 0 Å². The fourth-order valence-electron chi connectivity index (χ4n) is 3.00. The molecule has 2 fully saturated rings. The second-order valence-corrected chi connectivity index (χ2v) is 5.62. The Morgan fingerprint density at radius 1 is 1.17 bits per heavy atom. The minimum Gasteiger partial charge on any atom is -0.340 e. The van der Waals surface area contributed by atoms with E-state index in [4.69, 9.17) is 0 Å². The second-order valence-electron chi connectivity index (χ2n) is 5.62. The number of piperazine rings is 1. The summed E-state index contributed by atoms with van der Waals surface area (Å²) in [6.45, 7) is 9.56. The molecule has 2 aliphatic heterocycles. The maximum absolute atomic E-state index is 12.2. The summed E-state index contributed by atoms with van der Waals surface area (Å²) < 4.78 is 0. The monoisotopic (exact) mass is 253 g/mol. The summed E-state index contributed by atoms with van der Waals surface area (Å²) in [4.78, 5) is 16.8. The fourth-order valence-corrected chi connectivity index (χ4v) is 3.00. The number of hydrogen-bond acceptors (Lipinski definition) is 3. The molecular formula is C14H27N3O. The molecule has 0 aliphatic carbocycles. The van der Waals surface area contributed by atoms with Crippen LogP contribution in [0.1, 0.15) is 32.6 Å². The summed E-state index contributed by atoms with van der Waals surface area (Å²) in [6, 6.07) is 0. The predicted molar refractivity (Wildman–Crippen MR) is 73.5 cm³/mol. The third kappa shape index (κ3) is 3.95. The largest absolute Gasteiger partial charge is 0.340 e. The molecule has 0 aromatic heterocycles. The third-order valence-corrected chi connectivity index (χ3v) is 4.19. The van der Waals surface area contributed by atoms with Gasteiger partial charge in [-0.2, -0.15) is 0 Å². The normalized spacial score (nSPS) is 23.3. The van der Waals surface area contributed by atoms with Crippen molar-refractivity contribution >= 4 is 5.91 Å². The molecule has 0 unspecified atom stereocenters. The molecule has 104 valence electrons. The summed E-state index contributed by atoms with van der Waals surface area (Å²) in [5.41, 5.74) is 0. The molecule has 1 N–H and O–H groups in total. The highest BCUT2D eigenvalue weighted by atomic mass is 16.2. The Bertz CT molecular complexity index is 256. The molecule has 0 spiro atoms. The van der Waals surface area contributed by atoms with Crippen LogP contribution in [0.25, 0.3) is 0 Å². The fraction of sp³-hybridized carbons (Fsp3) is 0.929. The molecule has 0 radical (unpaired) electrons. The zero-order valence-corrected chi connectivity index (χ0v) is 11.7. The highest BCUT2D eigenvalue weighted by Crippen LogP contribution is 2.17. The molecule has 0 bridgehead atoms. The maximum Gasteiger partial charge on any atom is 0.222 e. The smallest absolute Gasteiger partial charge is 0.222 e. The van der Waals surface area contributed by atoms with E-state index in [0.717, 1.165) is 45.7 Å². The Balaban J connectivity index is 1.70. The van der Waals surface area contributed by atoms with Crippen LogP contribution < -0.4 is 5.32 Å². The Labute approximate surface area is 111 Å².